The molecule has 3 nitrogen and oxygen atoms in total. The highest BCUT2D eigenvalue weighted by atomic mass is 16.5. The molecule has 0 bridgehead atoms. The molecule has 0 amide bonds. The lowest BCUT2D eigenvalue weighted by Gasteiger charge is -2.14. The van der Waals surface area contributed by atoms with E-state index in [-0.39, 0.29) is 6.10 Å². The van der Waals surface area contributed by atoms with E-state index in [0.29, 0.717) is 13.0 Å². The van der Waals surface area contributed by atoms with Gasteiger partial charge in [-0.3, -0.25) is 0 Å². The van der Waals surface area contributed by atoms with E-state index in [1.165, 1.54) is 0 Å². The van der Waals surface area contributed by atoms with Crippen molar-refractivity contribution in [3.8, 4) is 11.8 Å². The van der Waals surface area contributed by atoms with Crippen molar-refractivity contribution < 1.29 is 4.74 Å². The van der Waals surface area contributed by atoms with E-state index in [1.54, 1.807) is 0 Å². The highest BCUT2D eigenvalue weighted by Gasteiger charge is 2.07. The van der Waals surface area contributed by atoms with E-state index in [4.69, 9.17) is 15.7 Å². The summed E-state index contributed by atoms with van der Waals surface area (Å²) in [6.45, 7) is 2.51. The summed E-state index contributed by atoms with van der Waals surface area (Å²) in [6.07, 6.45) is 1.23. The molecule has 1 unspecified atom stereocenters. The van der Waals surface area contributed by atoms with E-state index in [2.05, 4.69) is 6.07 Å². The van der Waals surface area contributed by atoms with Crippen LogP contribution in [0.3, 0.4) is 0 Å². The molecule has 1 aromatic rings. The number of nitriles is 1. The van der Waals surface area contributed by atoms with Gasteiger partial charge < -0.3 is 10.5 Å². The van der Waals surface area contributed by atoms with E-state index in [0.717, 1.165) is 17.7 Å². The van der Waals surface area contributed by atoms with Gasteiger partial charge in [0, 0.05) is 6.54 Å². The lowest BCUT2D eigenvalue weighted by Crippen LogP contribution is -2.14. The predicted octanol–water partition coefficient (Wildman–Crippen LogP) is 2.22. The second kappa shape index (κ2) is 6.05. The van der Waals surface area contributed by atoms with Crippen LogP contribution in [0.5, 0.6) is 5.75 Å². The molecule has 3 heteroatoms. The van der Waals surface area contributed by atoms with Crippen molar-refractivity contribution in [1.82, 2.24) is 0 Å². The summed E-state index contributed by atoms with van der Waals surface area (Å²) >= 11 is 0. The molecule has 0 aromatic heterocycles. The number of nitrogens with two attached hydrogens (primary N) is 1. The van der Waals surface area contributed by atoms with Crippen LogP contribution in [-0.2, 0) is 6.54 Å². The first kappa shape index (κ1) is 11.5. The SMILES string of the molecule is CCC(CC#N)Oc1cccc(CN)c1. The zero-order chi connectivity index (χ0) is 11.1. The Hall–Kier alpha value is -1.53. The van der Waals surface area contributed by atoms with Gasteiger partial charge in [-0.05, 0) is 24.1 Å². The maximum absolute atomic E-state index is 8.60. The minimum Gasteiger partial charge on any atom is -0.489 e. The van der Waals surface area contributed by atoms with Gasteiger partial charge >= 0.3 is 0 Å². The molecule has 15 heavy (non-hydrogen) atoms. The average molecular weight is 204 g/mol. The smallest absolute Gasteiger partial charge is 0.120 e. The van der Waals surface area contributed by atoms with Gasteiger partial charge in [-0.1, -0.05) is 19.1 Å². The number of rotatable bonds is 5. The van der Waals surface area contributed by atoms with E-state index < -0.39 is 0 Å². The molecular formula is C12H16N2O. The van der Waals surface area contributed by atoms with Crippen LogP contribution in [0.15, 0.2) is 24.3 Å². The maximum atomic E-state index is 8.60. The number of nitrogens with zero attached hydrogens (tertiary/aromatic N) is 1. The maximum Gasteiger partial charge on any atom is 0.120 e. The van der Waals surface area contributed by atoms with E-state index in [9.17, 15) is 0 Å². The summed E-state index contributed by atoms with van der Waals surface area (Å²) in [6, 6.07) is 9.79. The van der Waals surface area contributed by atoms with Crippen LogP contribution in [-0.4, -0.2) is 6.10 Å². The Morgan fingerprint density at radius 2 is 2.33 bits per heavy atom. The van der Waals surface area contributed by atoms with Crippen molar-refractivity contribution >= 4 is 0 Å². The van der Waals surface area contributed by atoms with Crippen LogP contribution in [0.25, 0.3) is 0 Å². The predicted molar refractivity (Wildman–Crippen MR) is 59.3 cm³/mol. The van der Waals surface area contributed by atoms with Crippen molar-refractivity contribution in [2.75, 3.05) is 0 Å². The summed E-state index contributed by atoms with van der Waals surface area (Å²) in [5.41, 5.74) is 6.57. The van der Waals surface area contributed by atoms with Gasteiger partial charge in [0.2, 0.25) is 0 Å². The van der Waals surface area contributed by atoms with Crippen LogP contribution < -0.4 is 10.5 Å². The molecule has 0 saturated heterocycles. The molecule has 0 spiro atoms. The van der Waals surface area contributed by atoms with Crippen molar-refractivity contribution in [3.05, 3.63) is 29.8 Å². The molecule has 0 radical (unpaired) electrons. The number of ether oxygens (including phenoxy) is 1. The number of hydrogen-bond acceptors (Lipinski definition) is 3. The zero-order valence-electron chi connectivity index (χ0n) is 8.94. The summed E-state index contributed by atoms with van der Waals surface area (Å²) in [7, 11) is 0. The Morgan fingerprint density at radius 1 is 1.53 bits per heavy atom. The molecule has 0 saturated carbocycles. The molecule has 0 aliphatic carbocycles. The number of benzene rings is 1. The van der Waals surface area contributed by atoms with Gasteiger partial charge in [0.15, 0.2) is 0 Å². The van der Waals surface area contributed by atoms with Crippen molar-refractivity contribution in [3.63, 3.8) is 0 Å². The van der Waals surface area contributed by atoms with Crippen molar-refractivity contribution in [2.24, 2.45) is 5.73 Å². The molecule has 1 atom stereocenters. The van der Waals surface area contributed by atoms with Crippen molar-refractivity contribution in [1.29, 1.82) is 5.26 Å². The summed E-state index contributed by atoms with van der Waals surface area (Å²) in [4.78, 5) is 0. The zero-order valence-corrected chi connectivity index (χ0v) is 8.94. The first-order valence-electron chi connectivity index (χ1n) is 5.12. The molecule has 1 rings (SSSR count). The van der Waals surface area contributed by atoms with Crippen LogP contribution in [0.1, 0.15) is 25.3 Å². The first-order valence-corrected chi connectivity index (χ1v) is 5.12. The fraction of sp³-hybridized carbons (Fsp3) is 0.417. The third kappa shape index (κ3) is 3.61. The monoisotopic (exact) mass is 204 g/mol. The highest BCUT2D eigenvalue weighted by Crippen LogP contribution is 2.16. The Labute approximate surface area is 90.5 Å². The topological polar surface area (TPSA) is 59.0 Å². The first-order chi connectivity index (χ1) is 7.30. The van der Waals surface area contributed by atoms with Gasteiger partial charge in [0.05, 0.1) is 12.5 Å². The summed E-state index contributed by atoms with van der Waals surface area (Å²) in [5.74, 6) is 0.792. The molecular weight excluding hydrogens is 188 g/mol. The number of hydrogen-bond donors (Lipinski definition) is 1. The molecule has 2 N–H and O–H groups in total. The second-order valence-electron chi connectivity index (χ2n) is 3.36. The van der Waals surface area contributed by atoms with Gasteiger partial charge in [-0.2, -0.15) is 5.26 Å². The Kier molecular flexibility index (Phi) is 4.65. The normalized spacial score (nSPS) is 11.8. The van der Waals surface area contributed by atoms with Crippen LogP contribution in [0, 0.1) is 11.3 Å². The second-order valence-corrected chi connectivity index (χ2v) is 3.36. The minimum absolute atomic E-state index is 0.0250. The van der Waals surface area contributed by atoms with Gasteiger partial charge in [-0.15, -0.1) is 0 Å². The summed E-state index contributed by atoms with van der Waals surface area (Å²) in [5, 5.41) is 8.60. The largest absolute Gasteiger partial charge is 0.489 e. The van der Waals surface area contributed by atoms with E-state index >= 15 is 0 Å². The van der Waals surface area contributed by atoms with Gasteiger partial charge in [0.1, 0.15) is 11.9 Å². The molecule has 0 heterocycles. The molecule has 1 aromatic carbocycles. The highest BCUT2D eigenvalue weighted by molar-refractivity contribution is 5.28. The Balaban J connectivity index is 2.66. The molecule has 0 fully saturated rings. The third-order valence-electron chi connectivity index (χ3n) is 2.21. The van der Waals surface area contributed by atoms with Crippen LogP contribution in [0.2, 0.25) is 0 Å². The quantitative estimate of drug-likeness (QED) is 0.800. The fourth-order valence-corrected chi connectivity index (χ4v) is 1.31. The van der Waals surface area contributed by atoms with Crippen LogP contribution >= 0.6 is 0 Å². The van der Waals surface area contributed by atoms with E-state index in [1.807, 2.05) is 31.2 Å². The standard InChI is InChI=1S/C12H16N2O/c1-2-11(6-7-13)15-12-5-3-4-10(8-12)9-14/h3-5,8,11H,2,6,9,14H2,1H3. The minimum atomic E-state index is -0.0250. The summed E-state index contributed by atoms with van der Waals surface area (Å²) < 4.78 is 5.67. The molecule has 0 aliphatic rings. The lowest BCUT2D eigenvalue weighted by molar-refractivity contribution is 0.202. The lowest BCUT2D eigenvalue weighted by atomic mass is 10.2. The molecule has 0 aliphatic heterocycles. The fourth-order valence-electron chi connectivity index (χ4n) is 1.31. The third-order valence-corrected chi connectivity index (χ3v) is 2.21. The molecule has 80 valence electrons. The Bertz CT molecular complexity index is 344. The average Bonchev–Trinajstić information content (AvgIpc) is 2.29. The Morgan fingerprint density at radius 3 is 2.93 bits per heavy atom. The van der Waals surface area contributed by atoms with Crippen molar-refractivity contribution in [2.45, 2.75) is 32.4 Å². The van der Waals surface area contributed by atoms with Gasteiger partial charge in [-0.25, -0.2) is 0 Å². The van der Waals surface area contributed by atoms with Gasteiger partial charge in [0.25, 0.3) is 0 Å². The van der Waals surface area contributed by atoms with Crippen LogP contribution in [0.4, 0.5) is 0 Å².